The van der Waals surface area contributed by atoms with Gasteiger partial charge in [-0.1, -0.05) is 6.92 Å². The van der Waals surface area contributed by atoms with E-state index in [-0.39, 0.29) is 0 Å². The Morgan fingerprint density at radius 2 is 2.21 bits per heavy atom. The summed E-state index contributed by atoms with van der Waals surface area (Å²) in [4.78, 5) is 6.32. The highest BCUT2D eigenvalue weighted by Crippen LogP contribution is 2.18. The van der Waals surface area contributed by atoms with Crippen LogP contribution in [0.1, 0.15) is 27.2 Å². The van der Waals surface area contributed by atoms with E-state index >= 15 is 0 Å². The predicted molar refractivity (Wildman–Crippen MR) is 61.4 cm³/mol. The summed E-state index contributed by atoms with van der Waals surface area (Å²) >= 11 is 0. The van der Waals surface area contributed by atoms with Crippen LogP contribution in [0.3, 0.4) is 0 Å². The second-order valence-corrected chi connectivity index (χ2v) is 3.73. The van der Waals surface area contributed by atoms with Crippen molar-refractivity contribution < 1.29 is 0 Å². The van der Waals surface area contributed by atoms with E-state index in [9.17, 15) is 0 Å². The maximum atomic E-state index is 5.65. The fraction of sp³-hybridized carbons (Fsp3) is 0.545. The molecule has 0 bridgehead atoms. The monoisotopic (exact) mass is 193 g/mol. The topological polar surface area (TPSA) is 42.2 Å². The van der Waals surface area contributed by atoms with Crippen LogP contribution in [0.15, 0.2) is 18.3 Å². The van der Waals surface area contributed by atoms with Crippen molar-refractivity contribution >= 4 is 11.5 Å². The van der Waals surface area contributed by atoms with E-state index in [1.165, 1.54) is 0 Å². The summed E-state index contributed by atoms with van der Waals surface area (Å²) in [5.74, 6) is 0.587. The fourth-order valence-corrected chi connectivity index (χ4v) is 1.54. The lowest BCUT2D eigenvalue weighted by Crippen LogP contribution is -2.31. The van der Waals surface area contributed by atoms with Crippen LogP contribution < -0.4 is 10.6 Å². The lowest BCUT2D eigenvalue weighted by Gasteiger charge is -2.28. The van der Waals surface area contributed by atoms with Crippen molar-refractivity contribution in [2.24, 2.45) is 0 Å². The molecule has 0 fully saturated rings. The standard InChI is InChI=1S/C11H19N3/c1-4-7-14(9(2)3)10-5-6-13-11(12)8-10/h5-6,8-9H,4,7H2,1-3H3,(H2,12,13). The van der Waals surface area contributed by atoms with Gasteiger partial charge in [-0.3, -0.25) is 0 Å². The maximum Gasteiger partial charge on any atom is 0.125 e. The van der Waals surface area contributed by atoms with Crippen LogP contribution >= 0.6 is 0 Å². The van der Waals surface area contributed by atoms with Gasteiger partial charge >= 0.3 is 0 Å². The van der Waals surface area contributed by atoms with E-state index < -0.39 is 0 Å². The normalized spacial score (nSPS) is 10.6. The summed E-state index contributed by atoms with van der Waals surface area (Å²) in [5, 5.41) is 0. The number of pyridine rings is 1. The Balaban J connectivity index is 2.87. The molecular formula is C11H19N3. The minimum atomic E-state index is 0.497. The van der Waals surface area contributed by atoms with Crippen molar-refractivity contribution in [1.29, 1.82) is 0 Å². The molecule has 0 amide bonds. The number of nitrogens with zero attached hydrogens (tertiary/aromatic N) is 2. The third kappa shape index (κ3) is 2.62. The molecule has 3 heteroatoms. The van der Waals surface area contributed by atoms with Crippen LogP contribution in [0.2, 0.25) is 0 Å². The van der Waals surface area contributed by atoms with Gasteiger partial charge in [-0.15, -0.1) is 0 Å². The van der Waals surface area contributed by atoms with Crippen molar-refractivity contribution in [2.45, 2.75) is 33.2 Å². The van der Waals surface area contributed by atoms with E-state index in [4.69, 9.17) is 5.73 Å². The van der Waals surface area contributed by atoms with Gasteiger partial charge in [0, 0.05) is 30.5 Å². The van der Waals surface area contributed by atoms with Gasteiger partial charge in [0.05, 0.1) is 0 Å². The van der Waals surface area contributed by atoms with Crippen molar-refractivity contribution in [3.05, 3.63) is 18.3 Å². The molecule has 0 saturated carbocycles. The number of anilines is 2. The minimum absolute atomic E-state index is 0.497. The molecule has 1 rings (SSSR count). The number of nitrogens with two attached hydrogens (primary N) is 1. The van der Waals surface area contributed by atoms with Gasteiger partial charge < -0.3 is 10.6 Å². The molecule has 0 unspecified atom stereocenters. The summed E-state index contributed by atoms with van der Waals surface area (Å²) < 4.78 is 0. The SMILES string of the molecule is CCCN(c1ccnc(N)c1)C(C)C. The minimum Gasteiger partial charge on any atom is -0.384 e. The van der Waals surface area contributed by atoms with Gasteiger partial charge in [-0.25, -0.2) is 4.98 Å². The van der Waals surface area contributed by atoms with Crippen LogP contribution in [0.5, 0.6) is 0 Å². The molecule has 0 aliphatic carbocycles. The molecular weight excluding hydrogens is 174 g/mol. The Hall–Kier alpha value is -1.25. The van der Waals surface area contributed by atoms with Crippen molar-refractivity contribution in [1.82, 2.24) is 4.98 Å². The molecule has 2 N–H and O–H groups in total. The first kappa shape index (κ1) is 10.8. The molecule has 1 heterocycles. The van der Waals surface area contributed by atoms with Crippen LogP contribution in [-0.4, -0.2) is 17.6 Å². The molecule has 0 aromatic carbocycles. The molecule has 1 aromatic heterocycles. The van der Waals surface area contributed by atoms with Gasteiger partial charge in [0.2, 0.25) is 0 Å². The number of nitrogen functional groups attached to an aromatic ring is 1. The largest absolute Gasteiger partial charge is 0.384 e. The zero-order valence-electron chi connectivity index (χ0n) is 9.20. The Morgan fingerprint density at radius 1 is 1.50 bits per heavy atom. The lowest BCUT2D eigenvalue weighted by molar-refractivity contribution is 0.671. The Kier molecular flexibility index (Phi) is 3.74. The van der Waals surface area contributed by atoms with E-state index in [1.807, 2.05) is 12.1 Å². The van der Waals surface area contributed by atoms with Crippen LogP contribution in [0, 0.1) is 0 Å². The quantitative estimate of drug-likeness (QED) is 0.797. The first-order valence-corrected chi connectivity index (χ1v) is 5.13. The molecule has 14 heavy (non-hydrogen) atoms. The van der Waals surface area contributed by atoms with Crippen molar-refractivity contribution in [2.75, 3.05) is 17.2 Å². The summed E-state index contributed by atoms with van der Waals surface area (Å²) in [6, 6.07) is 4.43. The zero-order valence-corrected chi connectivity index (χ0v) is 9.20. The van der Waals surface area contributed by atoms with Crippen LogP contribution in [0.25, 0.3) is 0 Å². The van der Waals surface area contributed by atoms with Gasteiger partial charge in [0.1, 0.15) is 5.82 Å². The number of aromatic nitrogens is 1. The molecule has 0 saturated heterocycles. The van der Waals surface area contributed by atoms with Crippen LogP contribution in [-0.2, 0) is 0 Å². The molecule has 0 aliphatic heterocycles. The Morgan fingerprint density at radius 3 is 2.71 bits per heavy atom. The molecule has 78 valence electrons. The fourth-order valence-electron chi connectivity index (χ4n) is 1.54. The summed E-state index contributed by atoms with van der Waals surface area (Å²) in [7, 11) is 0. The van der Waals surface area contributed by atoms with Gasteiger partial charge in [-0.05, 0) is 26.3 Å². The average Bonchev–Trinajstić information content (AvgIpc) is 2.13. The molecule has 0 radical (unpaired) electrons. The Bertz CT molecular complexity index is 284. The second kappa shape index (κ2) is 4.84. The smallest absolute Gasteiger partial charge is 0.125 e. The van der Waals surface area contributed by atoms with E-state index in [1.54, 1.807) is 6.20 Å². The van der Waals surface area contributed by atoms with Crippen molar-refractivity contribution in [3.8, 4) is 0 Å². The highest BCUT2D eigenvalue weighted by Gasteiger charge is 2.09. The first-order chi connectivity index (χ1) is 6.65. The third-order valence-corrected chi connectivity index (χ3v) is 2.18. The highest BCUT2D eigenvalue weighted by molar-refractivity contribution is 5.52. The zero-order chi connectivity index (χ0) is 10.6. The molecule has 1 aromatic rings. The predicted octanol–water partition coefficient (Wildman–Crippen LogP) is 2.29. The van der Waals surface area contributed by atoms with Gasteiger partial charge in [0.15, 0.2) is 0 Å². The second-order valence-electron chi connectivity index (χ2n) is 3.73. The van der Waals surface area contributed by atoms with E-state index in [0.29, 0.717) is 11.9 Å². The van der Waals surface area contributed by atoms with Gasteiger partial charge in [-0.2, -0.15) is 0 Å². The van der Waals surface area contributed by atoms with Crippen molar-refractivity contribution in [3.63, 3.8) is 0 Å². The first-order valence-electron chi connectivity index (χ1n) is 5.13. The number of rotatable bonds is 4. The van der Waals surface area contributed by atoms with E-state index in [0.717, 1.165) is 18.7 Å². The molecule has 0 aliphatic rings. The highest BCUT2D eigenvalue weighted by atomic mass is 15.1. The molecule has 3 nitrogen and oxygen atoms in total. The summed E-state index contributed by atoms with van der Waals surface area (Å²) in [6.45, 7) is 7.61. The Labute approximate surface area is 85.9 Å². The number of hydrogen-bond acceptors (Lipinski definition) is 3. The van der Waals surface area contributed by atoms with Gasteiger partial charge in [0.25, 0.3) is 0 Å². The molecule has 0 atom stereocenters. The summed E-state index contributed by atoms with van der Waals surface area (Å²) in [6.07, 6.45) is 2.90. The third-order valence-electron chi connectivity index (χ3n) is 2.18. The lowest BCUT2D eigenvalue weighted by atomic mass is 10.2. The summed E-state index contributed by atoms with van der Waals surface area (Å²) in [5.41, 5.74) is 6.82. The van der Waals surface area contributed by atoms with Crippen LogP contribution in [0.4, 0.5) is 11.5 Å². The number of hydrogen-bond donors (Lipinski definition) is 1. The molecule has 0 spiro atoms. The average molecular weight is 193 g/mol. The maximum absolute atomic E-state index is 5.65. The van der Waals surface area contributed by atoms with E-state index in [2.05, 4.69) is 30.7 Å².